The predicted octanol–water partition coefficient (Wildman–Crippen LogP) is 1.66. The number of rotatable bonds is 1. The highest BCUT2D eigenvalue weighted by Crippen LogP contribution is 2.44. The van der Waals surface area contributed by atoms with E-state index in [1.165, 1.54) is 12.7 Å². The number of aldehydes is 1. The van der Waals surface area contributed by atoms with Gasteiger partial charge in [0.1, 0.15) is 6.29 Å². The van der Waals surface area contributed by atoms with Crippen molar-refractivity contribution in [3.8, 4) is 0 Å². The molecule has 2 heteroatoms. The molecule has 2 fully saturated rings. The first-order valence-corrected chi connectivity index (χ1v) is 5.77. The minimum Gasteiger partial charge on any atom is -0.306 e. The third-order valence-corrected chi connectivity index (χ3v) is 4.40. The lowest BCUT2D eigenvalue weighted by Gasteiger charge is -2.50. The Morgan fingerprint density at radius 2 is 1.64 bits per heavy atom. The zero-order valence-corrected chi connectivity index (χ0v) is 9.44. The minimum absolute atomic E-state index is 0.338. The van der Waals surface area contributed by atoms with E-state index in [-0.39, 0.29) is 0 Å². The quantitative estimate of drug-likeness (QED) is 0.593. The van der Waals surface area contributed by atoms with Crippen LogP contribution >= 0.6 is 0 Å². The summed E-state index contributed by atoms with van der Waals surface area (Å²) in [5.41, 5.74) is 0. The molecule has 0 aromatic carbocycles. The molecule has 2 aliphatic rings. The van der Waals surface area contributed by atoms with E-state index in [0.717, 1.165) is 24.9 Å². The van der Waals surface area contributed by atoms with Crippen LogP contribution in [0.2, 0.25) is 0 Å². The maximum atomic E-state index is 11.2. The highest BCUT2D eigenvalue weighted by molar-refractivity contribution is 5.55. The lowest BCUT2D eigenvalue weighted by Crippen LogP contribution is -2.53. The van der Waals surface area contributed by atoms with Crippen LogP contribution in [-0.4, -0.2) is 31.3 Å². The van der Waals surface area contributed by atoms with E-state index >= 15 is 0 Å². The molecular formula is C12H21NO. The van der Waals surface area contributed by atoms with Crippen molar-refractivity contribution in [2.45, 2.75) is 20.3 Å². The summed E-state index contributed by atoms with van der Waals surface area (Å²) in [5.74, 6) is 3.02. The van der Waals surface area contributed by atoms with E-state index < -0.39 is 0 Å². The number of hydrogen-bond acceptors (Lipinski definition) is 2. The van der Waals surface area contributed by atoms with Gasteiger partial charge in [0.05, 0.1) is 0 Å². The van der Waals surface area contributed by atoms with Gasteiger partial charge >= 0.3 is 0 Å². The highest BCUT2D eigenvalue weighted by atomic mass is 16.1. The van der Waals surface area contributed by atoms with Gasteiger partial charge in [-0.2, -0.15) is 0 Å². The van der Waals surface area contributed by atoms with Crippen LogP contribution in [0.25, 0.3) is 0 Å². The van der Waals surface area contributed by atoms with E-state index in [1.54, 1.807) is 0 Å². The van der Waals surface area contributed by atoms with E-state index in [1.807, 2.05) is 0 Å². The van der Waals surface area contributed by atoms with Crippen LogP contribution < -0.4 is 0 Å². The second-order valence-corrected chi connectivity index (χ2v) is 5.45. The SMILES string of the molecule is C[C@@H]1C[C@@H](C)C2CN(C)CC1C2C=O. The summed E-state index contributed by atoms with van der Waals surface area (Å²) in [4.78, 5) is 13.6. The molecule has 1 saturated heterocycles. The van der Waals surface area contributed by atoms with Crippen LogP contribution in [0.1, 0.15) is 20.3 Å². The van der Waals surface area contributed by atoms with Crippen molar-refractivity contribution in [2.24, 2.45) is 29.6 Å². The van der Waals surface area contributed by atoms with Gasteiger partial charge < -0.3 is 9.69 Å². The lowest BCUT2D eigenvalue weighted by molar-refractivity contribution is -0.123. The van der Waals surface area contributed by atoms with Crippen molar-refractivity contribution in [3.63, 3.8) is 0 Å². The fraction of sp³-hybridized carbons (Fsp3) is 0.917. The molecule has 0 aromatic rings. The molecule has 2 unspecified atom stereocenters. The Balaban J connectivity index is 2.22. The van der Waals surface area contributed by atoms with Crippen molar-refractivity contribution in [1.29, 1.82) is 0 Å². The first-order chi connectivity index (χ1) is 6.63. The number of piperidine rings is 1. The number of hydrogen-bond donors (Lipinski definition) is 0. The fourth-order valence-corrected chi connectivity index (χ4v) is 3.61. The summed E-state index contributed by atoms with van der Waals surface area (Å²) in [6.07, 6.45) is 2.54. The summed E-state index contributed by atoms with van der Waals surface area (Å²) in [6.45, 7) is 6.86. The third kappa shape index (κ3) is 1.50. The van der Waals surface area contributed by atoms with Gasteiger partial charge in [0.15, 0.2) is 0 Å². The average molecular weight is 195 g/mol. The minimum atomic E-state index is 0.338. The Bertz CT molecular complexity index is 210. The summed E-state index contributed by atoms with van der Waals surface area (Å²) in [6, 6.07) is 0. The first-order valence-electron chi connectivity index (χ1n) is 5.77. The maximum absolute atomic E-state index is 11.2. The Morgan fingerprint density at radius 3 is 2.07 bits per heavy atom. The predicted molar refractivity (Wildman–Crippen MR) is 57.0 cm³/mol. The van der Waals surface area contributed by atoms with Gasteiger partial charge in [0, 0.05) is 19.0 Å². The van der Waals surface area contributed by atoms with Crippen molar-refractivity contribution in [2.75, 3.05) is 20.1 Å². The second-order valence-electron chi connectivity index (χ2n) is 5.45. The molecule has 80 valence electrons. The molecule has 2 rings (SSSR count). The number of fused-ring (bicyclic) bond motifs is 2. The van der Waals surface area contributed by atoms with Crippen LogP contribution in [0.15, 0.2) is 0 Å². The van der Waals surface area contributed by atoms with Gasteiger partial charge in [-0.15, -0.1) is 0 Å². The number of likely N-dealkylation sites (tertiary alicyclic amines) is 1. The molecule has 0 N–H and O–H groups in total. The largest absolute Gasteiger partial charge is 0.306 e. The van der Waals surface area contributed by atoms with Crippen molar-refractivity contribution in [3.05, 3.63) is 0 Å². The number of carbonyl (C=O) groups excluding carboxylic acids is 1. The molecule has 0 spiro atoms. The molecule has 0 aromatic heterocycles. The molecule has 1 heterocycles. The van der Waals surface area contributed by atoms with Crippen molar-refractivity contribution in [1.82, 2.24) is 4.90 Å². The molecular weight excluding hydrogens is 174 g/mol. The zero-order valence-electron chi connectivity index (χ0n) is 9.44. The topological polar surface area (TPSA) is 20.3 Å². The van der Waals surface area contributed by atoms with Crippen LogP contribution in [0.3, 0.4) is 0 Å². The van der Waals surface area contributed by atoms with Crippen LogP contribution in [0.5, 0.6) is 0 Å². The Labute approximate surface area is 86.7 Å². The van der Waals surface area contributed by atoms with Gasteiger partial charge in [-0.1, -0.05) is 13.8 Å². The molecule has 14 heavy (non-hydrogen) atoms. The Kier molecular flexibility index (Phi) is 2.65. The normalized spacial score (nSPS) is 48.9. The lowest BCUT2D eigenvalue weighted by atomic mass is 9.61. The van der Waals surface area contributed by atoms with E-state index in [4.69, 9.17) is 0 Å². The summed E-state index contributed by atoms with van der Waals surface area (Å²) in [7, 11) is 2.19. The monoisotopic (exact) mass is 195 g/mol. The van der Waals surface area contributed by atoms with E-state index in [2.05, 4.69) is 25.8 Å². The van der Waals surface area contributed by atoms with E-state index in [9.17, 15) is 4.79 Å². The molecule has 1 saturated carbocycles. The second kappa shape index (κ2) is 3.65. The summed E-state index contributed by atoms with van der Waals surface area (Å²) in [5, 5.41) is 0. The van der Waals surface area contributed by atoms with Crippen LogP contribution in [-0.2, 0) is 4.79 Å². The van der Waals surface area contributed by atoms with Gasteiger partial charge in [-0.3, -0.25) is 0 Å². The standard InChI is InChI=1S/C12H21NO/c1-8-4-9(2)11-6-13(3)5-10(8)12(11)7-14/h7-12H,4-6H2,1-3H3/t8-,9-,10?,11?,12?/m1/s1. The number of nitrogens with zero attached hydrogens (tertiary/aromatic N) is 1. The molecule has 1 aliphatic heterocycles. The molecule has 0 amide bonds. The third-order valence-electron chi connectivity index (χ3n) is 4.40. The first kappa shape index (κ1) is 10.2. The van der Waals surface area contributed by atoms with Crippen molar-refractivity contribution < 1.29 is 4.79 Å². The average Bonchev–Trinajstić information content (AvgIpc) is 2.14. The molecule has 4 atom stereocenters. The van der Waals surface area contributed by atoms with Crippen LogP contribution in [0.4, 0.5) is 0 Å². The number of carbonyl (C=O) groups is 1. The van der Waals surface area contributed by atoms with Gasteiger partial charge in [-0.25, -0.2) is 0 Å². The molecule has 1 aliphatic carbocycles. The van der Waals surface area contributed by atoms with E-state index in [0.29, 0.717) is 17.8 Å². The van der Waals surface area contributed by atoms with Gasteiger partial charge in [0.2, 0.25) is 0 Å². The molecule has 2 bridgehead atoms. The Morgan fingerprint density at radius 1 is 1.14 bits per heavy atom. The van der Waals surface area contributed by atoms with Crippen LogP contribution in [0, 0.1) is 29.6 Å². The fourth-order valence-electron chi connectivity index (χ4n) is 3.61. The smallest absolute Gasteiger partial charge is 0.123 e. The van der Waals surface area contributed by atoms with Crippen molar-refractivity contribution >= 4 is 6.29 Å². The zero-order chi connectivity index (χ0) is 10.3. The highest BCUT2D eigenvalue weighted by Gasteiger charge is 2.44. The van der Waals surface area contributed by atoms with Gasteiger partial charge in [-0.05, 0) is 37.1 Å². The summed E-state index contributed by atoms with van der Waals surface area (Å²) < 4.78 is 0. The molecule has 0 radical (unpaired) electrons. The molecule has 2 nitrogen and oxygen atoms in total. The summed E-state index contributed by atoms with van der Waals surface area (Å²) >= 11 is 0. The van der Waals surface area contributed by atoms with Gasteiger partial charge in [0.25, 0.3) is 0 Å². The Hall–Kier alpha value is -0.370. The maximum Gasteiger partial charge on any atom is 0.123 e.